The van der Waals surface area contributed by atoms with Gasteiger partial charge in [-0.15, -0.1) is 0 Å². The molecular formula is C25H31NO4. The van der Waals surface area contributed by atoms with E-state index in [4.69, 9.17) is 4.74 Å². The monoisotopic (exact) mass is 409 g/mol. The maximum Gasteiger partial charge on any atom is 0.306 e. The van der Waals surface area contributed by atoms with Crippen molar-refractivity contribution in [1.29, 1.82) is 5.26 Å². The van der Waals surface area contributed by atoms with Crippen LogP contribution in [0.1, 0.15) is 78.6 Å². The molecule has 160 valence electrons. The van der Waals surface area contributed by atoms with Crippen LogP contribution in [-0.4, -0.2) is 23.1 Å². The van der Waals surface area contributed by atoms with E-state index in [1.807, 2.05) is 0 Å². The maximum absolute atomic E-state index is 12.8. The van der Waals surface area contributed by atoms with Gasteiger partial charge in [0.2, 0.25) is 0 Å². The van der Waals surface area contributed by atoms with E-state index >= 15 is 0 Å². The summed E-state index contributed by atoms with van der Waals surface area (Å²) in [5.74, 6) is -0.327. The molecule has 0 aromatic heterocycles. The molecule has 0 radical (unpaired) electrons. The second kappa shape index (κ2) is 6.05. The van der Waals surface area contributed by atoms with Gasteiger partial charge in [-0.05, 0) is 63.7 Å². The molecule has 3 saturated carbocycles. The first-order valence-electron chi connectivity index (χ1n) is 11.5. The molecule has 5 nitrogen and oxygen atoms in total. The molecule has 0 aromatic carbocycles. The Balaban J connectivity index is 1.59. The predicted molar refractivity (Wildman–Crippen MR) is 109 cm³/mol. The minimum absolute atomic E-state index is 0.0566. The molecule has 5 heteroatoms. The molecule has 4 aliphatic carbocycles. The van der Waals surface area contributed by atoms with Crippen LogP contribution in [0.4, 0.5) is 0 Å². The smallest absolute Gasteiger partial charge is 0.306 e. The number of carbonyl (C=O) groups is 3. The molecule has 0 bridgehead atoms. The van der Waals surface area contributed by atoms with Crippen molar-refractivity contribution in [1.82, 2.24) is 0 Å². The molecule has 4 fully saturated rings. The van der Waals surface area contributed by atoms with Crippen molar-refractivity contribution in [3.05, 3.63) is 11.6 Å². The lowest BCUT2D eigenvalue weighted by Gasteiger charge is -2.61. The molecule has 5 rings (SSSR count). The van der Waals surface area contributed by atoms with E-state index in [1.165, 1.54) is 12.5 Å². The fourth-order valence-corrected chi connectivity index (χ4v) is 8.55. The average Bonchev–Trinajstić information content (AvgIpc) is 3.22. The number of esters is 1. The first-order chi connectivity index (χ1) is 14.1. The van der Waals surface area contributed by atoms with Crippen LogP contribution in [0.15, 0.2) is 11.6 Å². The largest absolute Gasteiger partial charge is 0.458 e. The Morgan fingerprint density at radius 3 is 2.53 bits per heavy atom. The number of carbonyl (C=O) groups excluding carboxylic acids is 3. The molecule has 1 spiro atoms. The predicted octanol–water partition coefficient (Wildman–Crippen LogP) is 4.30. The molecular weight excluding hydrogens is 378 g/mol. The number of ketones is 2. The number of allylic oxidation sites excluding steroid dienone is 2. The van der Waals surface area contributed by atoms with E-state index in [0.717, 1.165) is 32.1 Å². The lowest BCUT2D eigenvalue weighted by Crippen LogP contribution is -2.60. The summed E-state index contributed by atoms with van der Waals surface area (Å²) in [6.07, 6.45) is 8.89. The summed E-state index contributed by atoms with van der Waals surface area (Å²) in [5, 5.41) is 10.4. The number of hydrogen-bond acceptors (Lipinski definition) is 5. The second-order valence-electron chi connectivity index (χ2n) is 11.0. The normalized spacial score (nSPS) is 49.5. The highest BCUT2D eigenvalue weighted by atomic mass is 16.6. The number of Topliss-reactive ketones (excluding diaryl/α,β-unsaturated/α-hetero) is 2. The van der Waals surface area contributed by atoms with E-state index in [9.17, 15) is 19.6 Å². The molecule has 7 atom stereocenters. The Morgan fingerprint density at radius 2 is 1.90 bits per heavy atom. The fourth-order valence-electron chi connectivity index (χ4n) is 8.55. The molecule has 30 heavy (non-hydrogen) atoms. The number of hydrogen-bond donors (Lipinski definition) is 0. The van der Waals surface area contributed by atoms with Crippen LogP contribution in [0.25, 0.3) is 0 Å². The molecule has 1 heterocycles. The van der Waals surface area contributed by atoms with Crippen LogP contribution >= 0.6 is 0 Å². The van der Waals surface area contributed by atoms with Gasteiger partial charge in [-0.1, -0.05) is 25.5 Å². The third-order valence-electron chi connectivity index (χ3n) is 10.2. The van der Waals surface area contributed by atoms with Crippen LogP contribution in [0.5, 0.6) is 0 Å². The summed E-state index contributed by atoms with van der Waals surface area (Å²) in [5.41, 5.74) is -0.483. The van der Waals surface area contributed by atoms with Crippen LogP contribution in [0, 0.1) is 45.3 Å². The van der Waals surface area contributed by atoms with Crippen molar-refractivity contribution in [2.24, 2.45) is 34.0 Å². The summed E-state index contributed by atoms with van der Waals surface area (Å²) in [4.78, 5) is 37.3. The van der Waals surface area contributed by atoms with E-state index in [0.29, 0.717) is 37.5 Å². The van der Waals surface area contributed by atoms with Crippen LogP contribution < -0.4 is 0 Å². The Morgan fingerprint density at radius 1 is 1.13 bits per heavy atom. The van der Waals surface area contributed by atoms with Gasteiger partial charge in [0.05, 0.1) is 17.4 Å². The summed E-state index contributed by atoms with van der Waals surface area (Å²) >= 11 is 0. The average molecular weight is 410 g/mol. The first kappa shape index (κ1) is 20.0. The number of fused-ring (bicyclic) bond motifs is 6. The zero-order chi connectivity index (χ0) is 21.5. The zero-order valence-corrected chi connectivity index (χ0v) is 18.3. The number of ether oxygens (including phenoxy) is 1. The summed E-state index contributed by atoms with van der Waals surface area (Å²) < 4.78 is 5.99. The molecule has 5 aliphatic rings. The minimum Gasteiger partial charge on any atom is -0.458 e. The molecule has 0 N–H and O–H groups in total. The molecule has 5 unspecified atom stereocenters. The Kier molecular flexibility index (Phi) is 4.03. The van der Waals surface area contributed by atoms with Crippen LogP contribution in [0.2, 0.25) is 0 Å². The van der Waals surface area contributed by atoms with Crippen molar-refractivity contribution in [3.8, 4) is 6.07 Å². The Labute approximate surface area is 178 Å². The highest BCUT2D eigenvalue weighted by molar-refractivity contribution is 6.03. The highest BCUT2D eigenvalue weighted by Crippen LogP contribution is 2.71. The van der Waals surface area contributed by atoms with Gasteiger partial charge in [-0.25, -0.2) is 0 Å². The lowest BCUT2D eigenvalue weighted by molar-refractivity contribution is -0.161. The minimum atomic E-state index is -0.930. The summed E-state index contributed by atoms with van der Waals surface area (Å²) in [6, 6.07) is 2.53. The van der Waals surface area contributed by atoms with E-state index < -0.39 is 16.7 Å². The number of rotatable bonds is 1. The van der Waals surface area contributed by atoms with Crippen molar-refractivity contribution >= 4 is 17.5 Å². The van der Waals surface area contributed by atoms with Gasteiger partial charge in [-0.3, -0.25) is 14.4 Å². The maximum atomic E-state index is 12.8. The van der Waals surface area contributed by atoms with Crippen molar-refractivity contribution < 1.29 is 19.1 Å². The van der Waals surface area contributed by atoms with Gasteiger partial charge in [0, 0.05) is 23.7 Å². The Hall–Kier alpha value is -1.96. The van der Waals surface area contributed by atoms with Gasteiger partial charge in [0.15, 0.2) is 0 Å². The fraction of sp³-hybridized carbons (Fsp3) is 0.760. The van der Waals surface area contributed by atoms with Crippen molar-refractivity contribution in [2.45, 2.75) is 84.2 Å². The van der Waals surface area contributed by atoms with E-state index in [2.05, 4.69) is 26.0 Å². The topological polar surface area (TPSA) is 84.2 Å². The first-order valence-corrected chi connectivity index (χ1v) is 11.5. The third kappa shape index (κ3) is 2.11. The molecule has 0 amide bonds. The van der Waals surface area contributed by atoms with E-state index in [1.54, 1.807) is 0 Å². The van der Waals surface area contributed by atoms with Gasteiger partial charge < -0.3 is 4.74 Å². The number of nitriles is 1. The van der Waals surface area contributed by atoms with Gasteiger partial charge in [0.1, 0.15) is 17.2 Å². The van der Waals surface area contributed by atoms with Crippen molar-refractivity contribution in [2.75, 3.05) is 0 Å². The van der Waals surface area contributed by atoms with Crippen LogP contribution in [-0.2, 0) is 19.1 Å². The SMILES string of the molecule is CC(=O)C1C(=O)CCC2(C)C3=CCC4(C)C(CC[C@@]45CCC(=O)O5)C3CC[C@]12C#N. The zero-order valence-electron chi connectivity index (χ0n) is 18.3. The molecule has 1 saturated heterocycles. The summed E-state index contributed by atoms with van der Waals surface area (Å²) in [6.45, 7) is 5.91. The standard InChI is InChI=1S/C25H31NO4/c1-15(27)21-19(28)7-10-22(2)17-5-9-23(3)18(16(17)4-11-24(21,22)14-26)6-12-25(23)13-8-20(29)30-25/h5,16,18,21H,4,6-13H2,1-3H3/t16?,18?,21?,22?,23?,24-,25+/m0/s1. The highest BCUT2D eigenvalue weighted by Gasteiger charge is 2.69. The van der Waals surface area contributed by atoms with Gasteiger partial charge >= 0.3 is 5.97 Å². The molecule has 0 aromatic rings. The van der Waals surface area contributed by atoms with Gasteiger partial charge in [-0.2, -0.15) is 5.26 Å². The van der Waals surface area contributed by atoms with E-state index in [-0.39, 0.29) is 28.6 Å². The van der Waals surface area contributed by atoms with Gasteiger partial charge in [0.25, 0.3) is 0 Å². The van der Waals surface area contributed by atoms with Crippen LogP contribution in [0.3, 0.4) is 0 Å². The molecule has 1 aliphatic heterocycles. The number of nitrogens with zero attached hydrogens (tertiary/aromatic N) is 1. The third-order valence-corrected chi connectivity index (χ3v) is 10.2. The lowest BCUT2D eigenvalue weighted by atomic mass is 9.40. The quantitative estimate of drug-likeness (QED) is 0.366. The van der Waals surface area contributed by atoms with Crippen molar-refractivity contribution in [3.63, 3.8) is 0 Å². The summed E-state index contributed by atoms with van der Waals surface area (Å²) in [7, 11) is 0. The second-order valence-corrected chi connectivity index (χ2v) is 11.0. The Bertz CT molecular complexity index is 930.